The summed E-state index contributed by atoms with van der Waals surface area (Å²) in [6.07, 6.45) is 0.743. The number of aliphatic carboxylic acids is 1. The number of carboxylic acid groups (broad SMARTS) is 1. The maximum atomic E-state index is 11.2. The van der Waals surface area contributed by atoms with Crippen LogP contribution in [0.1, 0.15) is 54.9 Å². The Bertz CT molecular complexity index is 320. The third kappa shape index (κ3) is 3.31. The van der Waals surface area contributed by atoms with E-state index < -0.39 is 5.97 Å². The van der Waals surface area contributed by atoms with Gasteiger partial charge in [-0.2, -0.15) is 0 Å². The lowest BCUT2D eigenvalue weighted by Gasteiger charge is -2.20. The van der Waals surface area contributed by atoms with Gasteiger partial charge in [-0.1, -0.05) is 41.5 Å². The van der Waals surface area contributed by atoms with Gasteiger partial charge in [-0.05, 0) is 36.0 Å². The van der Waals surface area contributed by atoms with Crippen molar-refractivity contribution in [3.63, 3.8) is 0 Å². The minimum Gasteiger partial charge on any atom is -0.481 e. The Morgan fingerprint density at radius 2 is 1.63 bits per heavy atom. The summed E-state index contributed by atoms with van der Waals surface area (Å²) in [4.78, 5) is 11.2. The number of rotatable bonds is 7. The molecule has 1 aliphatic carbocycles. The van der Waals surface area contributed by atoms with E-state index in [-0.39, 0.29) is 5.92 Å². The summed E-state index contributed by atoms with van der Waals surface area (Å²) in [7, 11) is 0. The molecule has 3 heteroatoms. The van der Waals surface area contributed by atoms with Crippen LogP contribution in [0, 0.1) is 28.6 Å². The molecule has 0 aliphatic heterocycles. The number of hydrogen-bond donors (Lipinski definition) is 2. The van der Waals surface area contributed by atoms with Gasteiger partial charge >= 0.3 is 5.97 Å². The summed E-state index contributed by atoms with van der Waals surface area (Å²) in [5.41, 5.74) is 0.687. The van der Waals surface area contributed by atoms with Crippen LogP contribution in [0.25, 0.3) is 0 Å². The minimum atomic E-state index is -0.678. The van der Waals surface area contributed by atoms with Crippen LogP contribution in [0.2, 0.25) is 0 Å². The van der Waals surface area contributed by atoms with Crippen molar-refractivity contribution in [3.8, 4) is 0 Å². The van der Waals surface area contributed by atoms with E-state index >= 15 is 0 Å². The van der Waals surface area contributed by atoms with Gasteiger partial charge in [0.2, 0.25) is 0 Å². The predicted molar refractivity (Wildman–Crippen MR) is 79.1 cm³/mol. The van der Waals surface area contributed by atoms with E-state index in [1.54, 1.807) is 0 Å². The van der Waals surface area contributed by atoms with Crippen LogP contribution < -0.4 is 5.32 Å². The molecule has 0 radical (unpaired) electrons. The van der Waals surface area contributed by atoms with Gasteiger partial charge in [-0.15, -0.1) is 0 Å². The Hall–Kier alpha value is -0.570. The molecule has 0 aromatic rings. The fraction of sp³-hybridized carbons (Fsp3) is 0.938. The summed E-state index contributed by atoms with van der Waals surface area (Å²) in [5, 5.41) is 12.7. The van der Waals surface area contributed by atoms with Crippen molar-refractivity contribution in [2.75, 3.05) is 6.54 Å². The first-order valence-corrected chi connectivity index (χ1v) is 7.48. The Morgan fingerprint density at radius 1 is 1.16 bits per heavy atom. The highest BCUT2D eigenvalue weighted by Crippen LogP contribution is 2.69. The smallest absolute Gasteiger partial charge is 0.307 e. The molecule has 3 nitrogen and oxygen atoms in total. The van der Waals surface area contributed by atoms with Crippen molar-refractivity contribution in [2.24, 2.45) is 28.6 Å². The zero-order valence-electron chi connectivity index (χ0n) is 13.6. The van der Waals surface area contributed by atoms with Crippen molar-refractivity contribution in [1.82, 2.24) is 5.32 Å². The Labute approximate surface area is 118 Å². The largest absolute Gasteiger partial charge is 0.481 e. The van der Waals surface area contributed by atoms with Gasteiger partial charge in [0.05, 0.1) is 5.92 Å². The highest BCUT2D eigenvalue weighted by molar-refractivity contribution is 5.70. The first kappa shape index (κ1) is 16.5. The zero-order chi connectivity index (χ0) is 15.0. The van der Waals surface area contributed by atoms with Crippen LogP contribution in [0.3, 0.4) is 0 Å². The average molecular weight is 269 g/mol. The molecular weight excluding hydrogens is 238 g/mol. The van der Waals surface area contributed by atoms with Crippen molar-refractivity contribution >= 4 is 5.97 Å². The molecule has 1 fully saturated rings. The van der Waals surface area contributed by atoms with E-state index in [0.717, 1.165) is 6.42 Å². The lowest BCUT2D eigenvalue weighted by atomic mass is 9.96. The average Bonchev–Trinajstić information content (AvgIpc) is 2.63. The second-order valence-electron chi connectivity index (χ2n) is 7.78. The second kappa shape index (κ2) is 5.43. The topological polar surface area (TPSA) is 49.3 Å². The fourth-order valence-corrected chi connectivity index (χ4v) is 3.78. The van der Waals surface area contributed by atoms with E-state index in [0.29, 0.717) is 35.3 Å². The number of carboxylic acids is 1. The summed E-state index contributed by atoms with van der Waals surface area (Å²) in [5.74, 6) is 0.0932. The Kier molecular flexibility index (Phi) is 4.71. The molecule has 2 atom stereocenters. The summed E-state index contributed by atoms with van der Waals surface area (Å²) in [6, 6.07) is 0.374. The first-order valence-electron chi connectivity index (χ1n) is 7.48. The molecular formula is C16H31NO2. The summed E-state index contributed by atoms with van der Waals surface area (Å²) >= 11 is 0. The molecule has 0 heterocycles. The van der Waals surface area contributed by atoms with E-state index in [1.807, 2.05) is 0 Å². The molecule has 2 unspecified atom stereocenters. The molecule has 1 aliphatic rings. The van der Waals surface area contributed by atoms with Gasteiger partial charge in [0.25, 0.3) is 0 Å². The van der Waals surface area contributed by atoms with E-state index in [4.69, 9.17) is 0 Å². The molecule has 0 saturated heterocycles. The third-order valence-corrected chi connectivity index (χ3v) is 5.42. The van der Waals surface area contributed by atoms with Gasteiger partial charge in [0.15, 0.2) is 0 Å². The van der Waals surface area contributed by atoms with Crippen LogP contribution in [0.4, 0.5) is 0 Å². The predicted octanol–water partition coefficient (Wildman–Crippen LogP) is 3.39. The fourth-order valence-electron chi connectivity index (χ4n) is 3.78. The Balaban J connectivity index is 2.50. The van der Waals surface area contributed by atoms with Crippen LogP contribution in [-0.2, 0) is 4.79 Å². The molecule has 2 N–H and O–H groups in total. The molecule has 1 rings (SSSR count). The van der Waals surface area contributed by atoms with Crippen LogP contribution in [0.15, 0.2) is 0 Å². The lowest BCUT2D eigenvalue weighted by Crippen LogP contribution is -2.37. The van der Waals surface area contributed by atoms with Gasteiger partial charge in [-0.25, -0.2) is 0 Å². The van der Waals surface area contributed by atoms with Crippen LogP contribution in [-0.4, -0.2) is 23.7 Å². The SMILES string of the molecule is CC(C)CC(CNC(C)C1C(C)(C)C1(C)C)C(=O)O. The molecule has 0 spiro atoms. The maximum absolute atomic E-state index is 11.2. The monoisotopic (exact) mass is 269 g/mol. The van der Waals surface area contributed by atoms with E-state index in [9.17, 15) is 9.90 Å². The highest BCUT2D eigenvalue weighted by Gasteiger charge is 2.66. The molecule has 112 valence electrons. The summed E-state index contributed by atoms with van der Waals surface area (Å²) < 4.78 is 0. The normalized spacial score (nSPS) is 24.2. The quantitative estimate of drug-likeness (QED) is 0.745. The lowest BCUT2D eigenvalue weighted by molar-refractivity contribution is -0.142. The zero-order valence-corrected chi connectivity index (χ0v) is 13.6. The highest BCUT2D eigenvalue weighted by atomic mass is 16.4. The molecule has 19 heavy (non-hydrogen) atoms. The van der Waals surface area contributed by atoms with E-state index in [2.05, 4.69) is 53.8 Å². The summed E-state index contributed by atoms with van der Waals surface area (Å²) in [6.45, 7) is 16.1. The number of carbonyl (C=O) groups is 1. The minimum absolute atomic E-state index is 0.271. The molecule has 0 bridgehead atoms. The van der Waals surface area contributed by atoms with Gasteiger partial charge in [0, 0.05) is 12.6 Å². The second-order valence-corrected chi connectivity index (χ2v) is 7.78. The van der Waals surface area contributed by atoms with Crippen molar-refractivity contribution in [1.29, 1.82) is 0 Å². The third-order valence-electron chi connectivity index (χ3n) is 5.42. The molecule has 0 aromatic carbocycles. The van der Waals surface area contributed by atoms with E-state index in [1.165, 1.54) is 0 Å². The molecule has 0 amide bonds. The number of hydrogen-bond acceptors (Lipinski definition) is 2. The standard InChI is InChI=1S/C16H31NO2/c1-10(2)8-12(14(18)19)9-17-11(3)13-15(4,5)16(13,6)7/h10-13,17H,8-9H2,1-7H3,(H,18,19). The number of nitrogens with one attached hydrogen (secondary N) is 1. The maximum Gasteiger partial charge on any atom is 0.307 e. The van der Waals surface area contributed by atoms with Gasteiger partial charge in [-0.3, -0.25) is 4.79 Å². The van der Waals surface area contributed by atoms with Crippen molar-refractivity contribution < 1.29 is 9.90 Å². The van der Waals surface area contributed by atoms with Crippen molar-refractivity contribution in [3.05, 3.63) is 0 Å². The van der Waals surface area contributed by atoms with Crippen molar-refractivity contribution in [2.45, 2.75) is 60.9 Å². The molecule has 1 saturated carbocycles. The molecule has 0 aromatic heterocycles. The van der Waals surface area contributed by atoms with Crippen LogP contribution >= 0.6 is 0 Å². The van der Waals surface area contributed by atoms with Gasteiger partial charge in [0.1, 0.15) is 0 Å². The van der Waals surface area contributed by atoms with Crippen LogP contribution in [0.5, 0.6) is 0 Å². The Morgan fingerprint density at radius 3 is 1.95 bits per heavy atom. The van der Waals surface area contributed by atoms with Gasteiger partial charge < -0.3 is 10.4 Å². The first-order chi connectivity index (χ1) is 8.51.